The molecule has 0 aliphatic carbocycles. The maximum Gasteiger partial charge on any atom is 0.326 e. The van der Waals surface area contributed by atoms with Crippen LogP contribution in [0.4, 0.5) is 5.69 Å². The van der Waals surface area contributed by atoms with Crippen LogP contribution >= 0.6 is 0 Å². The molecule has 35 heavy (non-hydrogen) atoms. The van der Waals surface area contributed by atoms with Crippen LogP contribution in [0.1, 0.15) is 31.2 Å². The smallest absolute Gasteiger partial charge is 0.326 e. The van der Waals surface area contributed by atoms with E-state index < -0.39 is 34.0 Å². The van der Waals surface area contributed by atoms with Gasteiger partial charge in [0, 0.05) is 25.1 Å². The van der Waals surface area contributed by atoms with E-state index in [2.05, 4.69) is 10.6 Å². The van der Waals surface area contributed by atoms with Crippen molar-refractivity contribution in [2.24, 2.45) is 5.73 Å². The molecule has 0 bridgehead atoms. The van der Waals surface area contributed by atoms with Crippen LogP contribution in [0.5, 0.6) is 0 Å². The molecule has 1 heterocycles. The van der Waals surface area contributed by atoms with Gasteiger partial charge in [0.1, 0.15) is 12.1 Å². The van der Waals surface area contributed by atoms with Gasteiger partial charge in [-0.3, -0.25) is 9.59 Å². The molecule has 10 nitrogen and oxygen atoms in total. The van der Waals surface area contributed by atoms with Crippen LogP contribution in [0.25, 0.3) is 0 Å². The number of carbonyl (C=O) groups excluding carboxylic acids is 2. The van der Waals surface area contributed by atoms with E-state index in [1.807, 2.05) is 0 Å². The summed E-state index contributed by atoms with van der Waals surface area (Å²) in [4.78, 5) is 36.7. The number of anilines is 1. The number of nitrogens with zero attached hydrogens (tertiary/aromatic N) is 1. The molecule has 188 valence electrons. The lowest BCUT2D eigenvalue weighted by Crippen LogP contribution is -2.51. The first-order chi connectivity index (χ1) is 16.7. The van der Waals surface area contributed by atoms with E-state index in [1.165, 1.54) is 12.1 Å². The summed E-state index contributed by atoms with van der Waals surface area (Å²) in [6, 6.07) is 12.3. The molecule has 0 radical (unpaired) electrons. The molecular formula is C24H30N4O6S. The Morgan fingerprint density at radius 3 is 2.40 bits per heavy atom. The molecule has 0 saturated carbocycles. The summed E-state index contributed by atoms with van der Waals surface area (Å²) in [6.07, 6.45) is 1.70. The molecular weight excluding hydrogens is 472 g/mol. The number of nitrogens with two attached hydrogens (primary N) is 1. The number of carboxylic acid groups (broad SMARTS) is 1. The molecule has 1 aliphatic rings. The lowest BCUT2D eigenvalue weighted by atomic mass is 10.0. The van der Waals surface area contributed by atoms with E-state index in [-0.39, 0.29) is 23.8 Å². The van der Waals surface area contributed by atoms with Gasteiger partial charge in [-0.2, -0.15) is 4.31 Å². The van der Waals surface area contributed by atoms with Crippen LogP contribution < -0.4 is 16.4 Å². The van der Waals surface area contributed by atoms with Gasteiger partial charge >= 0.3 is 5.97 Å². The Balaban J connectivity index is 1.65. The highest BCUT2D eigenvalue weighted by Crippen LogP contribution is 2.26. The molecule has 2 aromatic rings. The van der Waals surface area contributed by atoms with Crippen molar-refractivity contribution in [1.29, 1.82) is 0 Å². The number of benzene rings is 2. The number of carboxylic acids is 1. The predicted octanol–water partition coefficient (Wildman–Crippen LogP) is 1.33. The van der Waals surface area contributed by atoms with Crippen molar-refractivity contribution in [3.63, 3.8) is 0 Å². The molecule has 1 saturated heterocycles. The first-order valence-corrected chi connectivity index (χ1v) is 12.9. The molecule has 2 amide bonds. The molecule has 2 atom stereocenters. The maximum absolute atomic E-state index is 13.0. The van der Waals surface area contributed by atoms with Crippen LogP contribution in [0, 0.1) is 0 Å². The summed E-state index contributed by atoms with van der Waals surface area (Å²) in [5, 5.41) is 14.9. The summed E-state index contributed by atoms with van der Waals surface area (Å²) < 4.78 is 27.2. The van der Waals surface area contributed by atoms with Crippen LogP contribution in [0.3, 0.4) is 0 Å². The number of sulfonamides is 1. The number of amides is 2. The van der Waals surface area contributed by atoms with Gasteiger partial charge < -0.3 is 21.5 Å². The molecule has 0 spiro atoms. The maximum atomic E-state index is 13.0. The van der Waals surface area contributed by atoms with Gasteiger partial charge in [-0.05, 0) is 55.6 Å². The zero-order chi connectivity index (χ0) is 25.4. The SMILES string of the molecule is NCCCC(=O)Nc1ccc(CC(NC(=O)C2CCCN2S(=O)(=O)c2ccccc2)C(=O)O)cc1. The monoisotopic (exact) mass is 502 g/mol. The van der Waals surface area contributed by atoms with Crippen molar-refractivity contribution in [3.8, 4) is 0 Å². The quantitative estimate of drug-likeness (QED) is 0.361. The molecule has 3 rings (SSSR count). The molecule has 1 fully saturated rings. The minimum absolute atomic E-state index is 0.000624. The molecule has 5 N–H and O–H groups in total. The molecule has 0 aromatic heterocycles. The Morgan fingerprint density at radius 1 is 1.09 bits per heavy atom. The topological polar surface area (TPSA) is 159 Å². The second kappa shape index (κ2) is 11.9. The van der Waals surface area contributed by atoms with E-state index in [1.54, 1.807) is 42.5 Å². The number of aliphatic carboxylic acids is 1. The number of hydrogen-bond acceptors (Lipinski definition) is 6. The van der Waals surface area contributed by atoms with Gasteiger partial charge in [-0.15, -0.1) is 0 Å². The van der Waals surface area contributed by atoms with E-state index in [4.69, 9.17) is 5.73 Å². The summed E-state index contributed by atoms with van der Waals surface area (Å²) in [6.45, 7) is 0.608. The van der Waals surface area contributed by atoms with Crippen LogP contribution in [0.15, 0.2) is 59.5 Å². The lowest BCUT2D eigenvalue weighted by molar-refractivity contribution is -0.142. The van der Waals surface area contributed by atoms with Gasteiger partial charge in [-0.25, -0.2) is 13.2 Å². The fourth-order valence-corrected chi connectivity index (χ4v) is 5.61. The van der Waals surface area contributed by atoms with E-state index in [0.717, 1.165) is 4.31 Å². The third-order valence-electron chi connectivity index (χ3n) is 5.76. The van der Waals surface area contributed by atoms with Crippen molar-refractivity contribution >= 4 is 33.5 Å². The molecule has 2 unspecified atom stereocenters. The minimum Gasteiger partial charge on any atom is -0.480 e. The average molecular weight is 503 g/mol. The fraction of sp³-hybridized carbons (Fsp3) is 0.375. The second-order valence-electron chi connectivity index (χ2n) is 8.33. The third kappa shape index (κ3) is 6.87. The fourth-order valence-electron chi connectivity index (χ4n) is 3.93. The standard InChI is InChI=1S/C24H30N4O6S/c25-14-4-9-22(29)26-18-12-10-17(11-13-18)16-20(24(31)32)27-23(30)21-8-5-15-28(21)35(33,34)19-6-2-1-3-7-19/h1-3,6-7,10-13,20-21H,4-5,8-9,14-16,25H2,(H,26,29)(H,27,30)(H,31,32). The largest absolute Gasteiger partial charge is 0.480 e. The van der Waals surface area contributed by atoms with Crippen molar-refractivity contribution in [2.75, 3.05) is 18.4 Å². The zero-order valence-electron chi connectivity index (χ0n) is 19.2. The Morgan fingerprint density at radius 2 is 1.77 bits per heavy atom. The van der Waals surface area contributed by atoms with Gasteiger partial charge in [0.25, 0.3) is 0 Å². The first-order valence-electron chi connectivity index (χ1n) is 11.4. The van der Waals surface area contributed by atoms with Gasteiger partial charge in [0.2, 0.25) is 21.8 Å². The first kappa shape index (κ1) is 26.3. The van der Waals surface area contributed by atoms with Crippen molar-refractivity contribution in [1.82, 2.24) is 9.62 Å². The third-order valence-corrected chi connectivity index (χ3v) is 7.68. The Kier molecular flexibility index (Phi) is 8.96. The molecule has 2 aromatic carbocycles. The number of carbonyl (C=O) groups is 3. The Bertz CT molecular complexity index is 1140. The normalized spacial score (nSPS) is 17.0. The summed E-state index contributed by atoms with van der Waals surface area (Å²) in [5.74, 6) is -2.03. The Labute approximate surface area is 204 Å². The minimum atomic E-state index is -3.88. The molecule has 11 heteroatoms. The van der Waals surface area contributed by atoms with Crippen molar-refractivity contribution in [2.45, 2.75) is 49.1 Å². The van der Waals surface area contributed by atoms with Crippen molar-refractivity contribution in [3.05, 3.63) is 60.2 Å². The van der Waals surface area contributed by atoms with Gasteiger partial charge in [0.05, 0.1) is 4.90 Å². The number of rotatable bonds is 11. The summed E-state index contributed by atoms with van der Waals surface area (Å²) in [5.41, 5.74) is 6.61. The number of nitrogens with one attached hydrogen (secondary N) is 2. The molecule has 1 aliphatic heterocycles. The van der Waals surface area contributed by atoms with Gasteiger partial charge in [-0.1, -0.05) is 30.3 Å². The van der Waals surface area contributed by atoms with Crippen LogP contribution in [-0.4, -0.2) is 60.8 Å². The summed E-state index contributed by atoms with van der Waals surface area (Å²) >= 11 is 0. The average Bonchev–Trinajstić information content (AvgIpc) is 3.35. The van der Waals surface area contributed by atoms with Crippen LogP contribution in [0.2, 0.25) is 0 Å². The second-order valence-corrected chi connectivity index (χ2v) is 10.2. The number of hydrogen-bond donors (Lipinski definition) is 4. The predicted molar refractivity (Wildman–Crippen MR) is 130 cm³/mol. The van der Waals surface area contributed by atoms with Gasteiger partial charge in [0.15, 0.2) is 0 Å². The van der Waals surface area contributed by atoms with Crippen molar-refractivity contribution < 1.29 is 27.9 Å². The van der Waals surface area contributed by atoms with E-state index in [9.17, 15) is 27.9 Å². The Hall–Kier alpha value is -3.28. The lowest BCUT2D eigenvalue weighted by Gasteiger charge is -2.25. The van der Waals surface area contributed by atoms with E-state index in [0.29, 0.717) is 43.5 Å². The highest BCUT2D eigenvalue weighted by Gasteiger charge is 2.40. The highest BCUT2D eigenvalue weighted by atomic mass is 32.2. The zero-order valence-corrected chi connectivity index (χ0v) is 20.0. The van der Waals surface area contributed by atoms with E-state index >= 15 is 0 Å². The van der Waals surface area contributed by atoms with Crippen LogP contribution in [-0.2, 0) is 30.8 Å². The summed E-state index contributed by atoms with van der Waals surface area (Å²) in [7, 11) is -3.88. The highest BCUT2D eigenvalue weighted by molar-refractivity contribution is 7.89.